The highest BCUT2D eigenvalue weighted by Gasteiger charge is 2.29. The second-order valence-electron chi connectivity index (χ2n) is 5.74. The van der Waals surface area contributed by atoms with Gasteiger partial charge < -0.3 is 5.32 Å². The molecule has 22 heavy (non-hydrogen) atoms. The predicted molar refractivity (Wildman–Crippen MR) is 90.2 cm³/mol. The molecule has 1 aliphatic carbocycles. The molecule has 0 aromatic heterocycles. The number of benzene rings is 2. The Labute approximate surface area is 135 Å². The monoisotopic (exact) mass is 314 g/mol. The van der Waals surface area contributed by atoms with Gasteiger partial charge in [-0.05, 0) is 43.0 Å². The van der Waals surface area contributed by atoms with Crippen molar-refractivity contribution in [3.8, 4) is 0 Å². The predicted octanol–water partition coefficient (Wildman–Crippen LogP) is 4.08. The van der Waals surface area contributed by atoms with Crippen LogP contribution in [-0.4, -0.2) is 11.9 Å². The number of hydrogen-bond donors (Lipinski definition) is 2. The second-order valence-corrected chi connectivity index (χ2v) is 6.15. The number of carbonyl (C=O) groups excluding carboxylic acids is 1. The van der Waals surface area contributed by atoms with Gasteiger partial charge in [-0.25, -0.2) is 0 Å². The van der Waals surface area contributed by atoms with Gasteiger partial charge in [-0.3, -0.25) is 10.1 Å². The van der Waals surface area contributed by atoms with E-state index in [1.54, 1.807) is 6.07 Å². The molecule has 0 unspecified atom stereocenters. The lowest BCUT2D eigenvalue weighted by Gasteiger charge is -2.19. The van der Waals surface area contributed by atoms with E-state index in [1.165, 1.54) is 0 Å². The maximum absolute atomic E-state index is 12.7. The highest BCUT2D eigenvalue weighted by molar-refractivity contribution is 6.31. The fourth-order valence-electron chi connectivity index (χ4n) is 2.34. The molecule has 0 bridgehead atoms. The molecule has 0 saturated heterocycles. The summed E-state index contributed by atoms with van der Waals surface area (Å²) in [6.45, 7) is 1.94. The Morgan fingerprint density at radius 1 is 1.18 bits per heavy atom. The number of aryl methyl sites for hydroxylation is 1. The van der Waals surface area contributed by atoms with E-state index in [1.807, 2.05) is 49.4 Å². The molecule has 2 aromatic rings. The van der Waals surface area contributed by atoms with Crippen molar-refractivity contribution in [1.29, 1.82) is 0 Å². The van der Waals surface area contributed by atoms with E-state index in [2.05, 4.69) is 10.6 Å². The molecule has 1 saturated carbocycles. The lowest BCUT2D eigenvalue weighted by Crippen LogP contribution is -2.34. The van der Waals surface area contributed by atoms with Gasteiger partial charge in [-0.15, -0.1) is 0 Å². The molecule has 1 aliphatic rings. The van der Waals surface area contributed by atoms with Crippen molar-refractivity contribution in [2.75, 3.05) is 5.32 Å². The summed E-state index contributed by atoms with van der Waals surface area (Å²) in [6, 6.07) is 15.5. The first-order valence-corrected chi connectivity index (χ1v) is 7.89. The van der Waals surface area contributed by atoms with Crippen molar-refractivity contribution >= 4 is 23.2 Å². The Kier molecular flexibility index (Phi) is 4.46. The van der Waals surface area contributed by atoms with Crippen LogP contribution in [0.4, 0.5) is 5.69 Å². The van der Waals surface area contributed by atoms with E-state index in [-0.39, 0.29) is 11.9 Å². The Balaban J connectivity index is 1.78. The lowest BCUT2D eigenvalue weighted by atomic mass is 10.1. The van der Waals surface area contributed by atoms with Gasteiger partial charge in [-0.2, -0.15) is 0 Å². The highest BCUT2D eigenvalue weighted by Crippen LogP contribution is 2.26. The molecule has 0 heterocycles. The van der Waals surface area contributed by atoms with Crippen molar-refractivity contribution in [2.24, 2.45) is 0 Å². The van der Waals surface area contributed by atoms with Gasteiger partial charge in [0, 0.05) is 16.8 Å². The first kappa shape index (κ1) is 15.1. The molecule has 1 fully saturated rings. The molecule has 3 rings (SSSR count). The normalized spacial score (nSPS) is 15.4. The summed E-state index contributed by atoms with van der Waals surface area (Å²) in [5.74, 6) is -0.0574. The van der Waals surface area contributed by atoms with Gasteiger partial charge in [0.1, 0.15) is 6.04 Å². The third kappa shape index (κ3) is 3.67. The van der Waals surface area contributed by atoms with Crippen LogP contribution < -0.4 is 10.6 Å². The van der Waals surface area contributed by atoms with Crippen molar-refractivity contribution in [3.05, 3.63) is 64.7 Å². The fraction of sp³-hybridized carbons (Fsp3) is 0.278. The summed E-state index contributed by atoms with van der Waals surface area (Å²) in [5.41, 5.74) is 2.69. The molecule has 2 N–H and O–H groups in total. The number of amides is 1. The minimum atomic E-state index is -0.339. The van der Waals surface area contributed by atoms with Crippen LogP contribution in [0.2, 0.25) is 5.02 Å². The third-order valence-electron chi connectivity index (χ3n) is 3.81. The smallest absolute Gasteiger partial charge is 0.246 e. The van der Waals surface area contributed by atoms with Gasteiger partial charge in [0.2, 0.25) is 5.91 Å². The average molecular weight is 315 g/mol. The van der Waals surface area contributed by atoms with Gasteiger partial charge in [0.15, 0.2) is 0 Å². The lowest BCUT2D eigenvalue weighted by molar-refractivity contribution is -0.118. The van der Waals surface area contributed by atoms with Gasteiger partial charge >= 0.3 is 0 Å². The van der Waals surface area contributed by atoms with Gasteiger partial charge in [0.25, 0.3) is 0 Å². The second kappa shape index (κ2) is 6.51. The summed E-state index contributed by atoms with van der Waals surface area (Å²) in [6.07, 6.45) is 2.26. The maximum atomic E-state index is 12.7. The number of hydrogen-bond acceptors (Lipinski definition) is 2. The molecule has 0 aliphatic heterocycles. The Hall–Kier alpha value is -1.84. The SMILES string of the molecule is Cc1ccc(NC(=O)[C@H](NC2CC2)c2ccccc2)cc1Cl. The molecule has 114 valence electrons. The highest BCUT2D eigenvalue weighted by atomic mass is 35.5. The van der Waals surface area contributed by atoms with Crippen molar-refractivity contribution < 1.29 is 4.79 Å². The first-order chi connectivity index (χ1) is 10.6. The van der Waals surface area contributed by atoms with Crippen LogP contribution in [0.15, 0.2) is 48.5 Å². The van der Waals surface area contributed by atoms with E-state index in [0.717, 1.165) is 29.7 Å². The Morgan fingerprint density at radius 3 is 2.55 bits per heavy atom. The summed E-state index contributed by atoms with van der Waals surface area (Å²) in [4.78, 5) is 12.7. The molecule has 1 amide bonds. The van der Waals surface area contributed by atoms with Crippen LogP contribution in [0.5, 0.6) is 0 Å². The molecule has 4 heteroatoms. The Morgan fingerprint density at radius 2 is 1.91 bits per heavy atom. The standard InChI is InChI=1S/C18H19ClN2O/c1-12-7-8-15(11-16(12)19)21-18(22)17(20-14-9-10-14)13-5-3-2-4-6-13/h2-8,11,14,17,20H,9-10H2,1H3,(H,21,22)/t17-/m1/s1. The molecule has 1 atom stereocenters. The summed E-state index contributed by atoms with van der Waals surface area (Å²) in [7, 11) is 0. The average Bonchev–Trinajstić information content (AvgIpc) is 3.33. The summed E-state index contributed by atoms with van der Waals surface area (Å²) >= 11 is 6.12. The number of halogens is 1. The molecule has 3 nitrogen and oxygen atoms in total. The van der Waals surface area contributed by atoms with Crippen LogP contribution in [0, 0.1) is 6.92 Å². The van der Waals surface area contributed by atoms with Crippen LogP contribution in [0.25, 0.3) is 0 Å². The quantitative estimate of drug-likeness (QED) is 0.873. The van der Waals surface area contributed by atoms with Crippen molar-refractivity contribution in [3.63, 3.8) is 0 Å². The van der Waals surface area contributed by atoms with E-state index in [9.17, 15) is 4.79 Å². The zero-order chi connectivity index (χ0) is 15.5. The number of anilines is 1. The third-order valence-corrected chi connectivity index (χ3v) is 4.22. The summed E-state index contributed by atoms with van der Waals surface area (Å²) in [5, 5.41) is 7.02. The summed E-state index contributed by atoms with van der Waals surface area (Å²) < 4.78 is 0. The van der Waals surface area contributed by atoms with E-state index in [4.69, 9.17) is 11.6 Å². The van der Waals surface area contributed by atoms with Crippen LogP contribution in [0.3, 0.4) is 0 Å². The van der Waals surface area contributed by atoms with Crippen molar-refractivity contribution in [1.82, 2.24) is 5.32 Å². The van der Waals surface area contributed by atoms with Gasteiger partial charge in [0.05, 0.1) is 0 Å². The van der Waals surface area contributed by atoms with Crippen molar-refractivity contribution in [2.45, 2.75) is 31.8 Å². The molecule has 2 aromatic carbocycles. The Bertz CT molecular complexity index is 668. The van der Waals surface area contributed by atoms with E-state index in [0.29, 0.717) is 11.1 Å². The molecule has 0 radical (unpaired) electrons. The zero-order valence-electron chi connectivity index (χ0n) is 12.5. The maximum Gasteiger partial charge on any atom is 0.246 e. The van der Waals surface area contributed by atoms with E-state index < -0.39 is 0 Å². The fourth-order valence-corrected chi connectivity index (χ4v) is 2.52. The minimum Gasteiger partial charge on any atom is -0.324 e. The van der Waals surface area contributed by atoms with Crippen LogP contribution in [-0.2, 0) is 4.79 Å². The minimum absolute atomic E-state index is 0.0574. The van der Waals surface area contributed by atoms with Crippen LogP contribution >= 0.6 is 11.6 Å². The zero-order valence-corrected chi connectivity index (χ0v) is 13.2. The topological polar surface area (TPSA) is 41.1 Å². The van der Waals surface area contributed by atoms with E-state index >= 15 is 0 Å². The van der Waals surface area contributed by atoms with Gasteiger partial charge in [-0.1, -0.05) is 48.0 Å². The number of nitrogens with one attached hydrogen (secondary N) is 2. The molecular formula is C18H19ClN2O. The molecular weight excluding hydrogens is 296 g/mol. The van der Waals surface area contributed by atoms with Crippen LogP contribution in [0.1, 0.15) is 30.0 Å². The number of carbonyl (C=O) groups is 1. The number of rotatable bonds is 5. The molecule has 0 spiro atoms. The first-order valence-electron chi connectivity index (χ1n) is 7.51. The largest absolute Gasteiger partial charge is 0.324 e.